The van der Waals surface area contributed by atoms with Gasteiger partial charge in [0.1, 0.15) is 11.1 Å². The summed E-state index contributed by atoms with van der Waals surface area (Å²) in [5.74, 6) is 1.58. The van der Waals surface area contributed by atoms with Crippen molar-refractivity contribution in [1.82, 2.24) is 10.2 Å². The quantitative estimate of drug-likeness (QED) is 0.293. The molecule has 3 aromatic carbocycles. The summed E-state index contributed by atoms with van der Waals surface area (Å²) in [6.07, 6.45) is 0. The van der Waals surface area contributed by atoms with Gasteiger partial charge in [0, 0.05) is 10.9 Å². The Hall–Kier alpha value is -4.33. The number of hydrogen-bond acceptors (Lipinski definition) is 8. The molecule has 0 N–H and O–H groups in total. The van der Waals surface area contributed by atoms with E-state index >= 15 is 0 Å². The van der Waals surface area contributed by atoms with Crippen molar-refractivity contribution in [2.24, 2.45) is 0 Å². The van der Waals surface area contributed by atoms with Crippen LogP contribution in [0.5, 0.6) is 17.2 Å². The molecule has 0 spiro atoms. The number of rotatable bonds is 5. The van der Waals surface area contributed by atoms with Gasteiger partial charge in [-0.15, -0.1) is 10.2 Å². The summed E-state index contributed by atoms with van der Waals surface area (Å²) in [6, 6.07) is 16.6. The Kier molecular flexibility index (Phi) is 4.74. The molecule has 0 atom stereocenters. The van der Waals surface area contributed by atoms with Crippen molar-refractivity contribution >= 4 is 21.7 Å². The van der Waals surface area contributed by atoms with Crippen LogP contribution in [0.25, 0.3) is 44.7 Å². The molecule has 0 unspecified atom stereocenters. The Bertz CT molecular complexity index is 1490. The normalized spacial score (nSPS) is 11.1. The van der Waals surface area contributed by atoms with Crippen LogP contribution in [0, 0.1) is 0 Å². The van der Waals surface area contributed by atoms with Crippen molar-refractivity contribution in [1.29, 1.82) is 0 Å². The fraction of sp³-hybridized carbons (Fsp3) is 0.125. The van der Waals surface area contributed by atoms with Crippen LogP contribution in [-0.2, 0) is 0 Å². The number of benzene rings is 3. The Morgan fingerprint density at radius 1 is 0.750 bits per heavy atom. The second-order valence-electron chi connectivity index (χ2n) is 6.97. The van der Waals surface area contributed by atoms with Crippen LogP contribution in [-0.4, -0.2) is 31.5 Å². The largest absolute Gasteiger partial charge is 0.493 e. The topological polar surface area (TPSA) is 96.8 Å². The lowest BCUT2D eigenvalue weighted by Gasteiger charge is -2.12. The van der Waals surface area contributed by atoms with Crippen LogP contribution in [0.1, 0.15) is 0 Å². The van der Waals surface area contributed by atoms with Gasteiger partial charge in [0.05, 0.1) is 21.3 Å². The first-order valence-electron chi connectivity index (χ1n) is 9.73. The lowest BCUT2D eigenvalue weighted by molar-refractivity contribution is 0.324. The fourth-order valence-corrected chi connectivity index (χ4v) is 3.67. The molecule has 160 valence electrons. The fourth-order valence-electron chi connectivity index (χ4n) is 3.67. The number of nitrogens with zero attached hydrogens (tertiary/aromatic N) is 2. The molecule has 5 aromatic rings. The smallest absolute Gasteiger partial charge is 0.349 e. The van der Waals surface area contributed by atoms with Crippen LogP contribution < -0.4 is 19.8 Å². The molecule has 5 rings (SSSR count). The monoisotopic (exact) mass is 430 g/mol. The second kappa shape index (κ2) is 7.73. The number of hydrogen-bond donors (Lipinski definition) is 0. The summed E-state index contributed by atoms with van der Waals surface area (Å²) in [7, 11) is 4.56. The van der Waals surface area contributed by atoms with Crippen molar-refractivity contribution in [3.8, 4) is 40.2 Å². The third kappa shape index (κ3) is 3.13. The summed E-state index contributed by atoms with van der Waals surface area (Å²) in [5.41, 5.74) is 0.656. The molecule has 0 saturated heterocycles. The van der Waals surface area contributed by atoms with E-state index < -0.39 is 5.63 Å². The molecule has 0 fully saturated rings. The van der Waals surface area contributed by atoms with E-state index in [2.05, 4.69) is 10.2 Å². The molecule has 8 heteroatoms. The minimum Gasteiger partial charge on any atom is -0.493 e. The van der Waals surface area contributed by atoms with Crippen LogP contribution in [0.4, 0.5) is 0 Å². The molecule has 0 aliphatic rings. The van der Waals surface area contributed by atoms with Gasteiger partial charge in [-0.05, 0) is 35.0 Å². The van der Waals surface area contributed by atoms with Crippen molar-refractivity contribution in [3.63, 3.8) is 0 Å². The molecule has 2 heterocycles. The maximum absolute atomic E-state index is 12.6. The van der Waals surface area contributed by atoms with Gasteiger partial charge in [0.15, 0.2) is 11.5 Å². The SMILES string of the molecule is COc1cc(-c2nnc(-c3cc4c(ccc5ccccc54)oc3=O)o2)cc(OC)c1OC. The summed E-state index contributed by atoms with van der Waals surface area (Å²) < 4.78 is 27.5. The van der Waals surface area contributed by atoms with Gasteiger partial charge in [0.25, 0.3) is 5.89 Å². The van der Waals surface area contributed by atoms with E-state index in [1.165, 1.54) is 21.3 Å². The Balaban J connectivity index is 1.64. The molecule has 0 bridgehead atoms. The first-order valence-corrected chi connectivity index (χ1v) is 9.73. The number of ether oxygens (including phenoxy) is 3. The molecule has 0 aliphatic carbocycles. The highest BCUT2D eigenvalue weighted by Crippen LogP contribution is 2.41. The maximum atomic E-state index is 12.6. The average Bonchev–Trinajstić information content (AvgIpc) is 3.32. The van der Waals surface area contributed by atoms with E-state index in [4.69, 9.17) is 23.0 Å². The summed E-state index contributed by atoms with van der Waals surface area (Å²) in [4.78, 5) is 12.6. The van der Waals surface area contributed by atoms with E-state index in [0.717, 1.165) is 16.2 Å². The first kappa shape index (κ1) is 19.6. The van der Waals surface area contributed by atoms with Crippen molar-refractivity contribution in [2.75, 3.05) is 21.3 Å². The molecule has 0 amide bonds. The van der Waals surface area contributed by atoms with E-state index in [0.29, 0.717) is 28.4 Å². The van der Waals surface area contributed by atoms with E-state index in [-0.39, 0.29) is 17.3 Å². The average molecular weight is 430 g/mol. The summed E-state index contributed by atoms with van der Waals surface area (Å²) in [5, 5.41) is 10.9. The highest BCUT2D eigenvalue weighted by atomic mass is 16.5. The molecule has 2 aromatic heterocycles. The second-order valence-corrected chi connectivity index (χ2v) is 6.97. The minimum absolute atomic E-state index is 0.0531. The Morgan fingerprint density at radius 3 is 2.19 bits per heavy atom. The van der Waals surface area contributed by atoms with E-state index in [1.54, 1.807) is 24.3 Å². The molecule has 0 radical (unpaired) electrons. The van der Waals surface area contributed by atoms with Gasteiger partial charge in [-0.25, -0.2) is 4.79 Å². The molecule has 8 nitrogen and oxygen atoms in total. The van der Waals surface area contributed by atoms with Crippen molar-refractivity contribution in [2.45, 2.75) is 0 Å². The molecular weight excluding hydrogens is 412 g/mol. The third-order valence-corrected chi connectivity index (χ3v) is 5.21. The predicted octanol–water partition coefficient (Wildman–Crippen LogP) is 4.69. The van der Waals surface area contributed by atoms with Crippen LogP contribution in [0.2, 0.25) is 0 Å². The zero-order valence-corrected chi connectivity index (χ0v) is 17.5. The van der Waals surface area contributed by atoms with Gasteiger partial charge >= 0.3 is 5.63 Å². The molecule has 0 aliphatic heterocycles. The standard InChI is InChI=1S/C24H18N2O6/c1-28-19-10-14(11-20(29-2)21(19)30-3)22-25-26-23(32-22)17-12-16-15-7-5-4-6-13(15)8-9-18(16)31-24(17)27/h4-12H,1-3H3. The molecular formula is C24H18N2O6. The highest BCUT2D eigenvalue weighted by Gasteiger charge is 2.20. The zero-order chi connectivity index (χ0) is 22.2. The number of aromatic nitrogens is 2. The van der Waals surface area contributed by atoms with Gasteiger partial charge < -0.3 is 23.0 Å². The Morgan fingerprint density at radius 2 is 1.47 bits per heavy atom. The molecule has 0 saturated carbocycles. The van der Waals surface area contributed by atoms with Crippen molar-refractivity contribution < 1.29 is 23.0 Å². The molecule has 32 heavy (non-hydrogen) atoms. The maximum Gasteiger partial charge on any atom is 0.349 e. The van der Waals surface area contributed by atoms with Crippen molar-refractivity contribution in [3.05, 3.63) is 65.0 Å². The van der Waals surface area contributed by atoms with E-state index in [9.17, 15) is 4.79 Å². The summed E-state index contributed by atoms with van der Waals surface area (Å²) >= 11 is 0. The Labute approximate surface area is 182 Å². The lowest BCUT2D eigenvalue weighted by Crippen LogP contribution is -2.03. The first-order chi connectivity index (χ1) is 15.6. The van der Waals surface area contributed by atoms with Gasteiger partial charge in [-0.3, -0.25) is 0 Å². The van der Waals surface area contributed by atoms with Crippen LogP contribution in [0.3, 0.4) is 0 Å². The van der Waals surface area contributed by atoms with Gasteiger partial charge in [-0.1, -0.05) is 30.3 Å². The van der Waals surface area contributed by atoms with Gasteiger partial charge in [-0.2, -0.15) is 0 Å². The third-order valence-electron chi connectivity index (χ3n) is 5.21. The zero-order valence-electron chi connectivity index (χ0n) is 17.5. The van der Waals surface area contributed by atoms with Crippen LogP contribution in [0.15, 0.2) is 68.2 Å². The van der Waals surface area contributed by atoms with E-state index in [1.807, 2.05) is 30.3 Å². The number of methoxy groups -OCH3 is 3. The highest BCUT2D eigenvalue weighted by molar-refractivity contribution is 6.06. The van der Waals surface area contributed by atoms with Gasteiger partial charge in [0.2, 0.25) is 11.6 Å². The van der Waals surface area contributed by atoms with Crippen LogP contribution >= 0.6 is 0 Å². The lowest BCUT2D eigenvalue weighted by atomic mass is 10.0. The predicted molar refractivity (Wildman–Crippen MR) is 118 cm³/mol. The minimum atomic E-state index is -0.562. The number of fused-ring (bicyclic) bond motifs is 3. The summed E-state index contributed by atoms with van der Waals surface area (Å²) in [6.45, 7) is 0.